The summed E-state index contributed by atoms with van der Waals surface area (Å²) < 4.78 is 78.9. The maximum absolute atomic E-state index is 13.1. The number of benzene rings is 1. The van der Waals surface area contributed by atoms with Gasteiger partial charge in [-0.25, -0.2) is 12.8 Å². The summed E-state index contributed by atoms with van der Waals surface area (Å²) in [5.41, 5.74) is -3.86. The molecule has 1 fully saturated rings. The van der Waals surface area contributed by atoms with Gasteiger partial charge < -0.3 is 4.74 Å². The Hall–Kier alpha value is -1.39. The lowest BCUT2D eigenvalue weighted by Gasteiger charge is -2.15. The highest BCUT2D eigenvalue weighted by atomic mass is 32.2. The van der Waals surface area contributed by atoms with Crippen LogP contribution in [-0.2, 0) is 19.4 Å². The maximum atomic E-state index is 13.1. The summed E-state index contributed by atoms with van der Waals surface area (Å²) in [5.74, 6) is -1.03. The molecule has 2 rings (SSSR count). The standard InChI is InChI=1S/C12H13F4NO4S/c13-9-1-2-10(17-21-7-8-3-4-20-6-8)11(5-9)22(18,19)12(14,15)16/h1-2,5,8,17H,3-4,6-7H2. The predicted octanol–water partition coefficient (Wildman–Crippen LogP) is 2.50. The number of ether oxygens (including phenoxy) is 1. The first kappa shape index (κ1) is 17.0. The number of hydrogen-bond donors (Lipinski definition) is 1. The molecule has 0 aliphatic carbocycles. The van der Waals surface area contributed by atoms with E-state index in [1.54, 1.807) is 0 Å². The summed E-state index contributed by atoms with van der Waals surface area (Å²) in [4.78, 5) is 3.79. The van der Waals surface area contributed by atoms with Crippen molar-refractivity contribution in [2.75, 3.05) is 25.3 Å². The van der Waals surface area contributed by atoms with Crippen LogP contribution < -0.4 is 5.48 Å². The molecule has 1 aromatic carbocycles. The zero-order valence-electron chi connectivity index (χ0n) is 11.2. The van der Waals surface area contributed by atoms with Gasteiger partial charge in [0, 0.05) is 12.5 Å². The molecule has 1 N–H and O–H groups in total. The maximum Gasteiger partial charge on any atom is 0.501 e. The number of anilines is 1. The Kier molecular flexibility index (Phi) is 4.93. The van der Waals surface area contributed by atoms with Gasteiger partial charge in [0.2, 0.25) is 0 Å². The van der Waals surface area contributed by atoms with Gasteiger partial charge >= 0.3 is 5.51 Å². The fourth-order valence-electron chi connectivity index (χ4n) is 1.88. The summed E-state index contributed by atoms with van der Waals surface area (Å²) in [6.07, 6.45) is 0.735. The van der Waals surface area contributed by atoms with Crippen LogP contribution in [-0.4, -0.2) is 33.7 Å². The van der Waals surface area contributed by atoms with Gasteiger partial charge in [0.1, 0.15) is 10.7 Å². The minimum atomic E-state index is -5.69. The SMILES string of the molecule is O=S(=O)(c1cc(F)ccc1NOCC1CCOC1)C(F)(F)F. The molecule has 0 saturated carbocycles. The van der Waals surface area contributed by atoms with Crippen molar-refractivity contribution in [1.29, 1.82) is 0 Å². The molecule has 0 radical (unpaired) electrons. The van der Waals surface area contributed by atoms with E-state index < -0.39 is 31.7 Å². The minimum Gasteiger partial charge on any atom is -0.381 e. The van der Waals surface area contributed by atoms with Crippen LogP contribution in [0.25, 0.3) is 0 Å². The molecule has 1 aliphatic heterocycles. The lowest BCUT2D eigenvalue weighted by atomic mass is 10.1. The number of nitrogens with one attached hydrogen (secondary N) is 1. The third-order valence-corrected chi connectivity index (χ3v) is 4.59. The molecule has 0 aromatic heterocycles. The third-order valence-electron chi connectivity index (χ3n) is 3.06. The van der Waals surface area contributed by atoms with E-state index in [0.717, 1.165) is 18.6 Å². The Labute approximate surface area is 124 Å². The normalized spacial score (nSPS) is 19.4. The van der Waals surface area contributed by atoms with Crippen LogP contribution in [0.15, 0.2) is 23.1 Å². The fraction of sp³-hybridized carbons (Fsp3) is 0.500. The average Bonchev–Trinajstić information content (AvgIpc) is 2.92. The van der Waals surface area contributed by atoms with Crippen LogP contribution in [0.3, 0.4) is 0 Å². The highest BCUT2D eigenvalue weighted by Gasteiger charge is 2.48. The zero-order valence-corrected chi connectivity index (χ0v) is 12.0. The van der Waals surface area contributed by atoms with Crippen molar-refractivity contribution in [2.45, 2.75) is 16.8 Å². The van der Waals surface area contributed by atoms with Gasteiger partial charge in [-0.1, -0.05) is 0 Å². The molecule has 1 heterocycles. The highest BCUT2D eigenvalue weighted by molar-refractivity contribution is 7.92. The first-order chi connectivity index (χ1) is 10.2. The topological polar surface area (TPSA) is 64.6 Å². The molecule has 0 bridgehead atoms. The zero-order chi connectivity index (χ0) is 16.4. The van der Waals surface area contributed by atoms with Gasteiger partial charge in [0.15, 0.2) is 0 Å². The van der Waals surface area contributed by atoms with Gasteiger partial charge in [-0.05, 0) is 24.6 Å². The van der Waals surface area contributed by atoms with Crippen molar-refractivity contribution in [3.8, 4) is 0 Å². The average molecular weight is 343 g/mol. The molecule has 0 amide bonds. The van der Waals surface area contributed by atoms with Crippen LogP contribution in [0.4, 0.5) is 23.2 Å². The van der Waals surface area contributed by atoms with Crippen LogP contribution in [0.1, 0.15) is 6.42 Å². The molecular formula is C12H13F4NO4S. The molecule has 1 unspecified atom stereocenters. The minimum absolute atomic E-state index is 0.0654. The third kappa shape index (κ3) is 3.68. The molecule has 1 aromatic rings. The second-order valence-corrected chi connectivity index (χ2v) is 6.64. The fourth-order valence-corrected chi connectivity index (χ4v) is 2.80. The van der Waals surface area contributed by atoms with Crippen LogP contribution in [0.2, 0.25) is 0 Å². The summed E-state index contributed by atoms with van der Waals surface area (Å²) in [5, 5.41) is 0. The van der Waals surface area contributed by atoms with E-state index in [0.29, 0.717) is 19.3 Å². The summed E-state index contributed by atoms with van der Waals surface area (Å²) in [7, 11) is -5.69. The van der Waals surface area contributed by atoms with E-state index in [9.17, 15) is 26.0 Å². The molecule has 124 valence electrons. The Morgan fingerprint density at radius 1 is 1.36 bits per heavy atom. The Bertz CT molecular complexity index is 627. The first-order valence-electron chi connectivity index (χ1n) is 6.28. The van der Waals surface area contributed by atoms with Gasteiger partial charge in [-0.2, -0.15) is 13.2 Å². The van der Waals surface area contributed by atoms with Gasteiger partial charge in [0.05, 0.1) is 18.9 Å². The van der Waals surface area contributed by atoms with Crippen molar-refractivity contribution in [3.63, 3.8) is 0 Å². The van der Waals surface area contributed by atoms with Crippen LogP contribution >= 0.6 is 0 Å². The lowest BCUT2D eigenvalue weighted by Crippen LogP contribution is -2.25. The number of alkyl halides is 3. The molecular weight excluding hydrogens is 330 g/mol. The van der Waals surface area contributed by atoms with Crippen molar-refractivity contribution in [3.05, 3.63) is 24.0 Å². The van der Waals surface area contributed by atoms with Crippen molar-refractivity contribution in [2.24, 2.45) is 5.92 Å². The van der Waals surface area contributed by atoms with E-state index in [2.05, 4.69) is 5.48 Å². The van der Waals surface area contributed by atoms with Crippen LogP contribution in [0.5, 0.6) is 0 Å². The monoisotopic (exact) mass is 343 g/mol. The largest absolute Gasteiger partial charge is 0.501 e. The molecule has 1 atom stereocenters. The molecule has 10 heteroatoms. The quantitative estimate of drug-likeness (QED) is 0.657. The molecule has 0 spiro atoms. The number of hydrogen-bond acceptors (Lipinski definition) is 5. The highest BCUT2D eigenvalue weighted by Crippen LogP contribution is 2.34. The second-order valence-electron chi connectivity index (χ2n) is 4.73. The summed E-state index contributed by atoms with van der Waals surface area (Å²) in [6.45, 7) is 1.15. The Morgan fingerprint density at radius 2 is 2.09 bits per heavy atom. The van der Waals surface area contributed by atoms with Crippen molar-refractivity contribution >= 4 is 15.5 Å². The summed E-state index contributed by atoms with van der Waals surface area (Å²) >= 11 is 0. The van der Waals surface area contributed by atoms with Gasteiger partial charge in [0.25, 0.3) is 9.84 Å². The number of halogens is 4. The van der Waals surface area contributed by atoms with Gasteiger partial charge in [-0.15, -0.1) is 0 Å². The molecule has 22 heavy (non-hydrogen) atoms. The Morgan fingerprint density at radius 3 is 2.68 bits per heavy atom. The van der Waals surface area contributed by atoms with Crippen LogP contribution in [0, 0.1) is 11.7 Å². The van der Waals surface area contributed by atoms with Crippen molar-refractivity contribution < 1.29 is 35.6 Å². The van der Waals surface area contributed by atoms with E-state index in [-0.39, 0.29) is 12.5 Å². The number of rotatable bonds is 5. The number of sulfone groups is 1. The van der Waals surface area contributed by atoms with E-state index in [4.69, 9.17) is 9.57 Å². The first-order valence-corrected chi connectivity index (χ1v) is 7.76. The predicted molar refractivity (Wildman–Crippen MR) is 68.1 cm³/mol. The van der Waals surface area contributed by atoms with E-state index >= 15 is 0 Å². The lowest BCUT2D eigenvalue weighted by molar-refractivity contribution is -0.0436. The molecule has 1 saturated heterocycles. The second kappa shape index (κ2) is 6.39. The van der Waals surface area contributed by atoms with Gasteiger partial charge in [-0.3, -0.25) is 10.3 Å². The molecule has 5 nitrogen and oxygen atoms in total. The van der Waals surface area contributed by atoms with Crippen molar-refractivity contribution in [1.82, 2.24) is 0 Å². The Balaban J connectivity index is 2.17. The smallest absolute Gasteiger partial charge is 0.381 e. The van der Waals surface area contributed by atoms with E-state index in [1.165, 1.54) is 0 Å². The summed E-state index contributed by atoms with van der Waals surface area (Å²) in [6, 6.07) is 2.01. The molecule has 1 aliphatic rings. The van der Waals surface area contributed by atoms with E-state index in [1.807, 2.05) is 0 Å².